The second-order valence-corrected chi connectivity index (χ2v) is 5.04. The highest BCUT2D eigenvalue weighted by atomic mass is 35.5. The maximum absolute atomic E-state index is 5.95. The van der Waals surface area contributed by atoms with Crippen LogP contribution in [0.3, 0.4) is 0 Å². The van der Waals surface area contributed by atoms with Gasteiger partial charge in [-0.15, -0.1) is 11.3 Å². The van der Waals surface area contributed by atoms with Gasteiger partial charge in [-0.1, -0.05) is 11.6 Å². The Morgan fingerprint density at radius 1 is 1.43 bits per heavy atom. The minimum atomic E-state index is 0.103. The second-order valence-electron chi connectivity index (χ2n) is 3.52. The molecule has 0 saturated carbocycles. The van der Waals surface area contributed by atoms with Crippen LogP contribution in [0.25, 0.3) is 10.1 Å². The summed E-state index contributed by atoms with van der Waals surface area (Å²) in [6, 6.07) is 6.09. The summed E-state index contributed by atoms with van der Waals surface area (Å²) in [4.78, 5) is 1.25. The maximum atomic E-state index is 5.95. The van der Waals surface area contributed by atoms with Gasteiger partial charge in [0.2, 0.25) is 0 Å². The van der Waals surface area contributed by atoms with E-state index < -0.39 is 0 Å². The molecule has 3 heteroatoms. The molecule has 0 spiro atoms. The summed E-state index contributed by atoms with van der Waals surface area (Å²) in [5.41, 5.74) is 7.16. The fourth-order valence-corrected chi connectivity index (χ4v) is 2.96. The van der Waals surface area contributed by atoms with E-state index in [4.69, 9.17) is 17.3 Å². The lowest BCUT2D eigenvalue weighted by Gasteiger charge is -2.01. The summed E-state index contributed by atoms with van der Waals surface area (Å²) in [7, 11) is 0. The highest BCUT2D eigenvalue weighted by molar-refractivity contribution is 7.19. The van der Waals surface area contributed by atoms with Gasteiger partial charge in [0.25, 0.3) is 0 Å². The van der Waals surface area contributed by atoms with E-state index >= 15 is 0 Å². The van der Waals surface area contributed by atoms with E-state index in [1.54, 1.807) is 11.3 Å². The highest BCUT2D eigenvalue weighted by Crippen LogP contribution is 2.35. The summed E-state index contributed by atoms with van der Waals surface area (Å²) in [5, 5.41) is 2.02. The van der Waals surface area contributed by atoms with E-state index in [1.807, 2.05) is 19.1 Å². The van der Waals surface area contributed by atoms with Crippen LogP contribution in [0.1, 0.15) is 23.4 Å². The van der Waals surface area contributed by atoms with Gasteiger partial charge >= 0.3 is 0 Å². The van der Waals surface area contributed by atoms with E-state index in [9.17, 15) is 0 Å². The predicted molar refractivity (Wildman–Crippen MR) is 64.2 cm³/mol. The van der Waals surface area contributed by atoms with Crippen molar-refractivity contribution in [3.05, 3.63) is 33.7 Å². The molecule has 1 nitrogen and oxygen atoms in total. The van der Waals surface area contributed by atoms with Crippen molar-refractivity contribution in [2.45, 2.75) is 19.9 Å². The number of benzene rings is 1. The lowest BCUT2D eigenvalue weighted by molar-refractivity contribution is 0.832. The molecule has 0 saturated heterocycles. The number of halogens is 1. The number of fused-ring (bicyclic) bond motifs is 1. The smallest absolute Gasteiger partial charge is 0.0413 e. The Hall–Kier alpha value is -0.570. The molecule has 1 aromatic heterocycles. The number of rotatable bonds is 1. The van der Waals surface area contributed by atoms with E-state index in [2.05, 4.69) is 13.0 Å². The molecule has 0 aliphatic carbocycles. The Bertz CT molecular complexity index is 473. The molecule has 1 heterocycles. The molecule has 0 radical (unpaired) electrons. The Morgan fingerprint density at radius 2 is 2.14 bits per heavy atom. The standard InChI is InChI=1S/C11H12ClNS/c1-6-9-5-8(12)3-4-10(9)14-11(6)7(2)13/h3-5,7H,13H2,1-2H3. The topological polar surface area (TPSA) is 26.0 Å². The van der Waals surface area contributed by atoms with Crippen molar-refractivity contribution in [3.63, 3.8) is 0 Å². The van der Waals surface area contributed by atoms with Gasteiger partial charge in [0.15, 0.2) is 0 Å². The molecule has 1 unspecified atom stereocenters. The molecule has 0 aliphatic heterocycles. The molecule has 0 aliphatic rings. The van der Waals surface area contributed by atoms with Crippen molar-refractivity contribution in [2.24, 2.45) is 5.73 Å². The predicted octanol–water partition coefficient (Wildman–Crippen LogP) is 3.88. The first-order valence-electron chi connectivity index (χ1n) is 4.53. The fraction of sp³-hybridized carbons (Fsp3) is 0.273. The van der Waals surface area contributed by atoms with Crippen LogP contribution in [-0.4, -0.2) is 0 Å². The molecule has 2 aromatic rings. The van der Waals surface area contributed by atoms with Crippen LogP contribution in [0.5, 0.6) is 0 Å². The number of nitrogens with two attached hydrogens (primary N) is 1. The third-order valence-electron chi connectivity index (χ3n) is 2.35. The van der Waals surface area contributed by atoms with E-state index in [1.165, 1.54) is 20.5 Å². The number of thiophene rings is 1. The molecule has 0 bridgehead atoms. The normalized spacial score (nSPS) is 13.4. The van der Waals surface area contributed by atoms with Gasteiger partial charge in [-0.05, 0) is 43.0 Å². The zero-order valence-electron chi connectivity index (χ0n) is 8.17. The van der Waals surface area contributed by atoms with Gasteiger partial charge in [-0.25, -0.2) is 0 Å². The van der Waals surface area contributed by atoms with Gasteiger partial charge in [0, 0.05) is 20.6 Å². The summed E-state index contributed by atoms with van der Waals surface area (Å²) in [6.07, 6.45) is 0. The van der Waals surface area contributed by atoms with Crippen LogP contribution < -0.4 is 5.73 Å². The van der Waals surface area contributed by atoms with Crippen LogP contribution in [-0.2, 0) is 0 Å². The van der Waals surface area contributed by atoms with Crippen LogP contribution in [0.2, 0.25) is 5.02 Å². The zero-order valence-corrected chi connectivity index (χ0v) is 9.75. The first-order valence-corrected chi connectivity index (χ1v) is 5.73. The van der Waals surface area contributed by atoms with E-state index in [-0.39, 0.29) is 6.04 Å². The van der Waals surface area contributed by atoms with Crippen molar-refractivity contribution in [2.75, 3.05) is 0 Å². The van der Waals surface area contributed by atoms with Crippen molar-refractivity contribution >= 4 is 33.0 Å². The Morgan fingerprint density at radius 3 is 2.79 bits per heavy atom. The average molecular weight is 226 g/mol. The van der Waals surface area contributed by atoms with Crippen molar-refractivity contribution in [1.29, 1.82) is 0 Å². The average Bonchev–Trinajstić information content (AvgIpc) is 2.44. The summed E-state index contributed by atoms with van der Waals surface area (Å²) >= 11 is 7.71. The third kappa shape index (κ3) is 1.54. The number of hydrogen-bond donors (Lipinski definition) is 1. The lowest BCUT2D eigenvalue weighted by Crippen LogP contribution is -2.03. The van der Waals surface area contributed by atoms with Crippen LogP contribution >= 0.6 is 22.9 Å². The molecule has 1 atom stereocenters. The summed E-state index contributed by atoms with van der Waals surface area (Å²) in [5.74, 6) is 0. The van der Waals surface area contributed by atoms with Crippen LogP contribution in [0.4, 0.5) is 0 Å². The SMILES string of the molecule is Cc1c(C(C)N)sc2ccc(Cl)cc12. The van der Waals surface area contributed by atoms with Crippen molar-refractivity contribution < 1.29 is 0 Å². The first kappa shape index (κ1) is 9.97. The minimum absolute atomic E-state index is 0.103. The summed E-state index contributed by atoms with van der Waals surface area (Å²) < 4.78 is 1.26. The quantitative estimate of drug-likeness (QED) is 0.783. The van der Waals surface area contributed by atoms with Gasteiger partial charge in [0.05, 0.1) is 0 Å². The lowest BCUT2D eigenvalue weighted by atomic mass is 10.1. The number of aryl methyl sites for hydroxylation is 1. The molecular formula is C11H12ClNS. The molecule has 2 rings (SSSR count). The third-order valence-corrected chi connectivity index (χ3v) is 4.06. The largest absolute Gasteiger partial charge is 0.323 e. The molecule has 74 valence electrons. The highest BCUT2D eigenvalue weighted by Gasteiger charge is 2.11. The van der Waals surface area contributed by atoms with Gasteiger partial charge in [-0.3, -0.25) is 0 Å². The second kappa shape index (κ2) is 3.54. The molecule has 2 N–H and O–H groups in total. The van der Waals surface area contributed by atoms with Gasteiger partial charge in [-0.2, -0.15) is 0 Å². The van der Waals surface area contributed by atoms with Crippen molar-refractivity contribution in [1.82, 2.24) is 0 Å². The Kier molecular flexibility index (Phi) is 2.52. The fourth-order valence-electron chi connectivity index (χ4n) is 1.65. The first-order chi connectivity index (χ1) is 6.59. The van der Waals surface area contributed by atoms with E-state index in [0.717, 1.165) is 5.02 Å². The molecule has 14 heavy (non-hydrogen) atoms. The molecule has 1 aromatic carbocycles. The molecule has 0 fully saturated rings. The molecular weight excluding hydrogens is 214 g/mol. The van der Waals surface area contributed by atoms with E-state index in [0.29, 0.717) is 0 Å². The number of hydrogen-bond acceptors (Lipinski definition) is 2. The Balaban J connectivity index is 2.74. The van der Waals surface area contributed by atoms with Gasteiger partial charge < -0.3 is 5.73 Å². The van der Waals surface area contributed by atoms with Gasteiger partial charge in [0.1, 0.15) is 0 Å². The summed E-state index contributed by atoms with van der Waals surface area (Å²) in [6.45, 7) is 4.12. The monoisotopic (exact) mass is 225 g/mol. The zero-order chi connectivity index (χ0) is 10.3. The van der Waals surface area contributed by atoms with Crippen LogP contribution in [0.15, 0.2) is 18.2 Å². The Labute approximate surface area is 92.5 Å². The van der Waals surface area contributed by atoms with Crippen LogP contribution in [0, 0.1) is 6.92 Å². The minimum Gasteiger partial charge on any atom is -0.323 e. The maximum Gasteiger partial charge on any atom is 0.0413 e. The molecule has 0 amide bonds. The van der Waals surface area contributed by atoms with Crippen molar-refractivity contribution in [3.8, 4) is 0 Å².